The molecular weight excluding hydrogens is 208 g/mol. The van der Waals surface area contributed by atoms with Crippen LogP contribution in [0.25, 0.3) is 0 Å². The molecule has 0 fully saturated rings. The number of nitrogens with two attached hydrogens (primary N) is 1. The first-order valence-electron chi connectivity index (χ1n) is 2.94. The Kier molecular flexibility index (Phi) is 2.14. The molecule has 1 aromatic rings. The Bertz CT molecular complexity index is 298. The summed E-state index contributed by atoms with van der Waals surface area (Å²) in [6.45, 7) is 0. The van der Waals surface area contributed by atoms with Crippen molar-refractivity contribution in [2.75, 3.05) is 0 Å². The van der Waals surface area contributed by atoms with Gasteiger partial charge in [-0.15, -0.1) is 0 Å². The van der Waals surface area contributed by atoms with Gasteiger partial charge in [0.05, 0.1) is 5.56 Å². The van der Waals surface area contributed by atoms with Crippen molar-refractivity contribution in [2.45, 2.75) is 0 Å². The van der Waals surface area contributed by atoms with Gasteiger partial charge in [0.1, 0.15) is 11.6 Å². The molecule has 0 aliphatic carbocycles. The highest BCUT2D eigenvalue weighted by Crippen LogP contribution is 2.20. The lowest BCUT2D eigenvalue weighted by atomic mass is 10.2. The van der Waals surface area contributed by atoms with Gasteiger partial charge in [0, 0.05) is 4.47 Å². The maximum absolute atomic E-state index is 9.16. The van der Waals surface area contributed by atoms with Gasteiger partial charge in [0.15, 0.2) is 0 Å². The highest BCUT2D eigenvalue weighted by atomic mass is 79.9. The van der Waals surface area contributed by atoms with E-state index >= 15 is 0 Å². The largest absolute Gasteiger partial charge is 0.507 e. The number of benzene rings is 1. The highest BCUT2D eigenvalue weighted by Gasteiger charge is 2.03. The van der Waals surface area contributed by atoms with Crippen molar-refractivity contribution >= 4 is 21.8 Å². The molecule has 1 rings (SSSR count). The quantitative estimate of drug-likeness (QED) is 0.490. The summed E-state index contributed by atoms with van der Waals surface area (Å²) >= 11 is 3.20. The van der Waals surface area contributed by atoms with E-state index in [1.165, 1.54) is 6.07 Å². The lowest BCUT2D eigenvalue weighted by Crippen LogP contribution is -2.10. The number of phenols is 1. The fourth-order valence-corrected chi connectivity index (χ4v) is 1.09. The van der Waals surface area contributed by atoms with Gasteiger partial charge < -0.3 is 10.8 Å². The number of hydrogen-bond donors (Lipinski definition) is 3. The molecule has 0 amide bonds. The van der Waals surface area contributed by atoms with Crippen molar-refractivity contribution in [1.82, 2.24) is 0 Å². The summed E-state index contributed by atoms with van der Waals surface area (Å²) in [4.78, 5) is 0. The van der Waals surface area contributed by atoms with Gasteiger partial charge in [-0.3, -0.25) is 5.41 Å². The lowest BCUT2D eigenvalue weighted by Gasteiger charge is -2.01. The van der Waals surface area contributed by atoms with Gasteiger partial charge in [-0.05, 0) is 18.2 Å². The normalized spacial score (nSPS) is 9.55. The maximum Gasteiger partial charge on any atom is 0.126 e. The van der Waals surface area contributed by atoms with Crippen LogP contribution in [0.2, 0.25) is 0 Å². The zero-order valence-electron chi connectivity index (χ0n) is 5.63. The third-order valence-corrected chi connectivity index (χ3v) is 1.74. The minimum absolute atomic E-state index is 0.0284. The standard InChI is InChI=1S/C7H7BrN2O/c8-4-1-2-6(11)5(3-4)7(9)10/h1-3,11H,(H3,9,10). The van der Waals surface area contributed by atoms with E-state index in [0.29, 0.717) is 5.56 Å². The van der Waals surface area contributed by atoms with Gasteiger partial charge >= 0.3 is 0 Å². The van der Waals surface area contributed by atoms with E-state index in [1.54, 1.807) is 12.1 Å². The predicted octanol–water partition coefficient (Wildman–Crippen LogP) is 1.44. The van der Waals surface area contributed by atoms with Crippen molar-refractivity contribution in [3.05, 3.63) is 28.2 Å². The van der Waals surface area contributed by atoms with Crippen molar-refractivity contribution in [2.24, 2.45) is 5.73 Å². The molecule has 11 heavy (non-hydrogen) atoms. The fraction of sp³-hybridized carbons (Fsp3) is 0. The first-order chi connectivity index (χ1) is 5.11. The molecule has 0 bridgehead atoms. The Morgan fingerprint density at radius 3 is 2.64 bits per heavy atom. The number of phenolic OH excluding ortho intramolecular Hbond substituents is 1. The monoisotopic (exact) mass is 214 g/mol. The van der Waals surface area contributed by atoms with Crippen LogP contribution in [-0.2, 0) is 0 Å². The SMILES string of the molecule is N=C(N)c1cc(Br)ccc1O. The molecule has 0 radical (unpaired) electrons. The van der Waals surface area contributed by atoms with Crippen LogP contribution in [0, 0.1) is 5.41 Å². The van der Waals surface area contributed by atoms with Gasteiger partial charge in [0.25, 0.3) is 0 Å². The van der Waals surface area contributed by atoms with Crippen molar-refractivity contribution < 1.29 is 5.11 Å². The number of nitrogen functional groups attached to an aromatic ring is 1. The Morgan fingerprint density at radius 1 is 1.55 bits per heavy atom. The summed E-state index contributed by atoms with van der Waals surface area (Å²) in [5, 5.41) is 16.2. The van der Waals surface area contributed by atoms with E-state index in [-0.39, 0.29) is 11.6 Å². The van der Waals surface area contributed by atoms with E-state index < -0.39 is 0 Å². The third-order valence-electron chi connectivity index (χ3n) is 1.25. The van der Waals surface area contributed by atoms with Crippen LogP contribution < -0.4 is 5.73 Å². The van der Waals surface area contributed by atoms with Gasteiger partial charge in [-0.25, -0.2) is 0 Å². The van der Waals surface area contributed by atoms with Crippen molar-refractivity contribution in [3.63, 3.8) is 0 Å². The molecular formula is C7H7BrN2O. The zero-order chi connectivity index (χ0) is 8.43. The Labute approximate surface area is 72.5 Å². The first-order valence-corrected chi connectivity index (χ1v) is 3.73. The Hall–Kier alpha value is -1.03. The van der Waals surface area contributed by atoms with E-state index in [2.05, 4.69) is 15.9 Å². The molecule has 4 N–H and O–H groups in total. The van der Waals surface area contributed by atoms with Crippen molar-refractivity contribution in [3.8, 4) is 5.75 Å². The van der Waals surface area contributed by atoms with Gasteiger partial charge in [0.2, 0.25) is 0 Å². The summed E-state index contributed by atoms with van der Waals surface area (Å²) in [5.41, 5.74) is 5.53. The van der Waals surface area contributed by atoms with Crippen LogP contribution in [0.5, 0.6) is 5.75 Å². The second-order valence-corrected chi connectivity index (χ2v) is 2.99. The average Bonchev–Trinajstić information content (AvgIpc) is 1.94. The van der Waals surface area contributed by atoms with Crippen LogP contribution in [0.3, 0.4) is 0 Å². The molecule has 4 heteroatoms. The molecule has 0 spiro atoms. The molecule has 0 unspecified atom stereocenters. The minimum atomic E-state index is -0.135. The summed E-state index contributed by atoms with van der Waals surface area (Å²) in [7, 11) is 0. The molecule has 0 atom stereocenters. The first kappa shape index (κ1) is 8.07. The van der Waals surface area contributed by atoms with E-state index in [4.69, 9.17) is 16.2 Å². The van der Waals surface area contributed by atoms with E-state index in [1.807, 2.05) is 0 Å². The number of hydrogen-bond acceptors (Lipinski definition) is 2. The number of nitrogens with one attached hydrogen (secondary N) is 1. The van der Waals surface area contributed by atoms with Crippen LogP contribution >= 0.6 is 15.9 Å². The molecule has 0 aromatic heterocycles. The molecule has 0 aliphatic rings. The van der Waals surface area contributed by atoms with Crippen LogP contribution in [-0.4, -0.2) is 10.9 Å². The van der Waals surface area contributed by atoms with E-state index in [0.717, 1.165) is 4.47 Å². The number of rotatable bonds is 1. The highest BCUT2D eigenvalue weighted by molar-refractivity contribution is 9.10. The van der Waals surface area contributed by atoms with Gasteiger partial charge in [-0.2, -0.15) is 0 Å². The third kappa shape index (κ3) is 1.71. The molecule has 1 aromatic carbocycles. The van der Waals surface area contributed by atoms with Crippen LogP contribution in [0.1, 0.15) is 5.56 Å². The lowest BCUT2D eigenvalue weighted by molar-refractivity contribution is 0.474. The Balaban J connectivity index is 3.23. The van der Waals surface area contributed by atoms with Crippen molar-refractivity contribution in [1.29, 1.82) is 5.41 Å². The predicted molar refractivity (Wildman–Crippen MR) is 46.8 cm³/mol. The smallest absolute Gasteiger partial charge is 0.126 e. The molecule has 0 saturated heterocycles. The maximum atomic E-state index is 9.16. The average molecular weight is 215 g/mol. The Morgan fingerprint density at radius 2 is 2.18 bits per heavy atom. The molecule has 58 valence electrons. The summed E-state index contributed by atoms with van der Waals surface area (Å²) in [6, 6.07) is 4.76. The zero-order valence-corrected chi connectivity index (χ0v) is 7.22. The molecule has 0 aliphatic heterocycles. The summed E-state index contributed by atoms with van der Waals surface area (Å²) in [5.74, 6) is -0.107. The minimum Gasteiger partial charge on any atom is -0.507 e. The van der Waals surface area contributed by atoms with Crippen LogP contribution in [0.4, 0.5) is 0 Å². The molecule has 0 heterocycles. The molecule has 3 nitrogen and oxygen atoms in total. The number of halogens is 1. The second kappa shape index (κ2) is 2.92. The van der Waals surface area contributed by atoms with Crippen LogP contribution in [0.15, 0.2) is 22.7 Å². The van der Waals surface area contributed by atoms with E-state index in [9.17, 15) is 0 Å². The number of aromatic hydroxyl groups is 1. The summed E-state index contributed by atoms with van der Waals surface area (Å²) in [6.07, 6.45) is 0. The fourth-order valence-electron chi connectivity index (χ4n) is 0.724. The molecule has 0 saturated carbocycles. The summed E-state index contributed by atoms with van der Waals surface area (Å²) < 4.78 is 0.792. The number of amidine groups is 1. The topological polar surface area (TPSA) is 70.1 Å². The van der Waals surface area contributed by atoms with Gasteiger partial charge in [-0.1, -0.05) is 15.9 Å². The second-order valence-electron chi connectivity index (χ2n) is 2.08.